The van der Waals surface area contributed by atoms with Crippen LogP contribution < -0.4 is 15.4 Å². The van der Waals surface area contributed by atoms with Crippen LogP contribution in [0.5, 0.6) is 5.75 Å². The summed E-state index contributed by atoms with van der Waals surface area (Å²) in [6.07, 6.45) is -8.94. The minimum atomic E-state index is -4.96. The molecule has 0 aliphatic rings. The van der Waals surface area contributed by atoms with E-state index in [2.05, 4.69) is 15.4 Å². The van der Waals surface area contributed by atoms with Crippen LogP contribution >= 0.6 is 0 Å². The maximum absolute atomic E-state index is 14.7. The summed E-state index contributed by atoms with van der Waals surface area (Å²) in [5, 5.41) is 4.92. The first-order valence-electron chi connectivity index (χ1n) is 14.2. The zero-order valence-electron chi connectivity index (χ0n) is 24.7. The second kappa shape index (κ2) is 15.6. The molecule has 3 aromatic rings. The van der Waals surface area contributed by atoms with Crippen molar-refractivity contribution in [1.82, 2.24) is 5.32 Å². The van der Waals surface area contributed by atoms with Crippen LogP contribution in [0, 0.1) is 5.82 Å². The van der Waals surface area contributed by atoms with E-state index in [1.54, 1.807) is 19.1 Å². The van der Waals surface area contributed by atoms with Crippen LogP contribution in [0.25, 0.3) is 0 Å². The first kappa shape index (κ1) is 35.9. The molecule has 0 fully saturated rings. The number of rotatable bonds is 13. The van der Waals surface area contributed by atoms with Gasteiger partial charge in [0.15, 0.2) is 0 Å². The quantitative estimate of drug-likeness (QED) is 0.145. The Balaban J connectivity index is 1.94. The van der Waals surface area contributed by atoms with E-state index >= 15 is 0 Å². The SMILES string of the molecule is CCC[C@@H](c1ccc(C(=O)NCCC(=O)OCC)cc1)[C@H](C(=O)Nc1ccc(C(F)(F)F)cc1F)c1ccc(OC(F)(F)F)cc1. The summed E-state index contributed by atoms with van der Waals surface area (Å²) in [6.45, 7) is 3.72. The number of carbonyl (C=O) groups is 3. The third-order valence-electron chi connectivity index (χ3n) is 6.83. The molecule has 0 radical (unpaired) electrons. The van der Waals surface area contributed by atoms with E-state index in [0.717, 1.165) is 18.2 Å². The van der Waals surface area contributed by atoms with Crippen molar-refractivity contribution in [3.63, 3.8) is 0 Å². The summed E-state index contributed by atoms with van der Waals surface area (Å²) < 4.78 is 101. The lowest BCUT2D eigenvalue weighted by atomic mass is 9.78. The number of ether oxygens (including phenoxy) is 2. The van der Waals surface area contributed by atoms with Crippen molar-refractivity contribution in [1.29, 1.82) is 0 Å². The van der Waals surface area contributed by atoms with Gasteiger partial charge in [0.1, 0.15) is 11.6 Å². The Morgan fingerprint density at radius 1 is 0.848 bits per heavy atom. The fourth-order valence-electron chi connectivity index (χ4n) is 4.78. The Labute approximate surface area is 260 Å². The molecule has 0 bridgehead atoms. The standard InChI is InChI=1S/C32H31F7N2O5/c1-3-5-24(19-6-8-21(9-7-19)29(43)40-17-16-27(42)45-4-2)28(20-10-13-23(14-11-20)46-32(37,38)39)30(44)41-26-15-12-22(18-25(26)33)31(34,35)36/h6-15,18,24,28H,3-5,16-17H2,1-2H3,(H,40,43)(H,41,44)/t24-,28+/m0/s1. The molecule has 0 aliphatic heterocycles. The highest BCUT2D eigenvalue weighted by atomic mass is 19.4. The molecule has 46 heavy (non-hydrogen) atoms. The lowest BCUT2D eigenvalue weighted by Gasteiger charge is -2.28. The average Bonchev–Trinajstić information content (AvgIpc) is 2.97. The van der Waals surface area contributed by atoms with Crippen molar-refractivity contribution in [3.8, 4) is 5.75 Å². The molecule has 2 amide bonds. The van der Waals surface area contributed by atoms with Crippen molar-refractivity contribution in [3.05, 3.63) is 94.8 Å². The summed E-state index contributed by atoms with van der Waals surface area (Å²) in [5.41, 5.74) is -0.768. The maximum atomic E-state index is 14.7. The minimum Gasteiger partial charge on any atom is -0.466 e. The van der Waals surface area contributed by atoms with Crippen LogP contribution in [-0.4, -0.2) is 37.3 Å². The van der Waals surface area contributed by atoms with Gasteiger partial charge < -0.3 is 20.1 Å². The van der Waals surface area contributed by atoms with Crippen LogP contribution in [0.4, 0.5) is 36.4 Å². The van der Waals surface area contributed by atoms with Gasteiger partial charge in [0.05, 0.1) is 30.2 Å². The number of carbonyl (C=O) groups excluding carboxylic acids is 3. The van der Waals surface area contributed by atoms with E-state index in [-0.39, 0.29) is 36.8 Å². The zero-order chi connectivity index (χ0) is 34.1. The third kappa shape index (κ3) is 10.2. The highest BCUT2D eigenvalue weighted by Crippen LogP contribution is 2.39. The molecule has 0 spiro atoms. The molecule has 14 heteroatoms. The number of esters is 1. The Kier molecular flexibility index (Phi) is 12.2. The maximum Gasteiger partial charge on any atom is 0.573 e. The van der Waals surface area contributed by atoms with E-state index < -0.39 is 65.0 Å². The van der Waals surface area contributed by atoms with Crippen molar-refractivity contribution >= 4 is 23.5 Å². The summed E-state index contributed by atoms with van der Waals surface area (Å²) in [4.78, 5) is 37.8. The molecular formula is C32H31F7N2O5. The molecule has 0 aromatic heterocycles. The van der Waals surface area contributed by atoms with E-state index in [1.807, 2.05) is 6.92 Å². The fourth-order valence-corrected chi connectivity index (χ4v) is 4.78. The first-order valence-corrected chi connectivity index (χ1v) is 14.2. The number of benzene rings is 3. The number of alkyl halides is 6. The number of nitrogens with one attached hydrogen (secondary N) is 2. The van der Waals surface area contributed by atoms with Crippen molar-refractivity contribution in [2.24, 2.45) is 0 Å². The minimum absolute atomic E-state index is 0.0284. The Bertz CT molecular complexity index is 1490. The number of amides is 2. The number of hydrogen-bond donors (Lipinski definition) is 2. The average molecular weight is 657 g/mol. The van der Waals surface area contributed by atoms with Crippen LogP contribution in [0.1, 0.15) is 72.0 Å². The van der Waals surface area contributed by atoms with Crippen LogP contribution in [0.15, 0.2) is 66.7 Å². The highest BCUT2D eigenvalue weighted by Gasteiger charge is 2.35. The molecule has 2 N–H and O–H groups in total. The molecule has 0 unspecified atom stereocenters. The van der Waals surface area contributed by atoms with Crippen LogP contribution in [0.2, 0.25) is 0 Å². The van der Waals surface area contributed by atoms with E-state index in [9.17, 15) is 45.1 Å². The van der Waals surface area contributed by atoms with E-state index in [1.165, 1.54) is 24.3 Å². The third-order valence-corrected chi connectivity index (χ3v) is 6.83. The second-order valence-corrected chi connectivity index (χ2v) is 10.1. The summed E-state index contributed by atoms with van der Waals surface area (Å²) in [5.74, 6) is -5.49. The van der Waals surface area contributed by atoms with Crippen molar-refractivity contribution < 1.29 is 54.6 Å². The molecule has 3 rings (SSSR count). The zero-order valence-corrected chi connectivity index (χ0v) is 24.7. The van der Waals surface area contributed by atoms with E-state index in [0.29, 0.717) is 24.5 Å². The van der Waals surface area contributed by atoms with Gasteiger partial charge in [0, 0.05) is 12.1 Å². The molecule has 2 atom stereocenters. The number of halogens is 7. The van der Waals surface area contributed by atoms with Gasteiger partial charge in [0.2, 0.25) is 5.91 Å². The van der Waals surface area contributed by atoms with Gasteiger partial charge in [-0.25, -0.2) is 4.39 Å². The molecule has 0 saturated heterocycles. The monoisotopic (exact) mass is 656 g/mol. The molecule has 0 heterocycles. The summed E-state index contributed by atoms with van der Waals surface area (Å²) in [6, 6.07) is 12.3. The van der Waals surface area contributed by atoms with Crippen LogP contribution in [-0.2, 0) is 20.5 Å². The molecular weight excluding hydrogens is 625 g/mol. The predicted molar refractivity (Wildman–Crippen MR) is 154 cm³/mol. The molecule has 248 valence electrons. The smallest absolute Gasteiger partial charge is 0.466 e. The topological polar surface area (TPSA) is 93.7 Å². The lowest BCUT2D eigenvalue weighted by Crippen LogP contribution is -2.28. The largest absolute Gasteiger partial charge is 0.573 e. The number of hydrogen-bond acceptors (Lipinski definition) is 5. The lowest BCUT2D eigenvalue weighted by molar-refractivity contribution is -0.274. The normalized spacial score (nSPS) is 13.0. The second-order valence-electron chi connectivity index (χ2n) is 10.1. The van der Waals surface area contributed by atoms with Crippen molar-refractivity contribution in [2.45, 2.75) is 57.5 Å². The Hall–Kier alpha value is -4.62. The van der Waals surface area contributed by atoms with Gasteiger partial charge >= 0.3 is 18.5 Å². The molecule has 7 nitrogen and oxygen atoms in total. The van der Waals surface area contributed by atoms with Gasteiger partial charge in [-0.15, -0.1) is 13.2 Å². The van der Waals surface area contributed by atoms with Gasteiger partial charge in [-0.1, -0.05) is 37.6 Å². The number of anilines is 1. The predicted octanol–water partition coefficient (Wildman–Crippen LogP) is 7.73. The van der Waals surface area contributed by atoms with Gasteiger partial charge in [-0.3, -0.25) is 14.4 Å². The highest BCUT2D eigenvalue weighted by molar-refractivity contribution is 5.97. The Morgan fingerprint density at radius 3 is 2.02 bits per heavy atom. The summed E-state index contributed by atoms with van der Waals surface area (Å²) >= 11 is 0. The summed E-state index contributed by atoms with van der Waals surface area (Å²) in [7, 11) is 0. The first-order chi connectivity index (χ1) is 21.6. The molecule has 3 aromatic carbocycles. The van der Waals surface area contributed by atoms with Crippen molar-refractivity contribution in [2.75, 3.05) is 18.5 Å². The van der Waals surface area contributed by atoms with E-state index in [4.69, 9.17) is 4.74 Å². The van der Waals surface area contributed by atoms with Gasteiger partial charge in [-0.2, -0.15) is 13.2 Å². The van der Waals surface area contributed by atoms with Gasteiger partial charge in [-0.05, 0) is 72.9 Å². The van der Waals surface area contributed by atoms with Crippen LogP contribution in [0.3, 0.4) is 0 Å². The molecule has 0 saturated carbocycles. The Morgan fingerprint density at radius 2 is 1.48 bits per heavy atom. The van der Waals surface area contributed by atoms with Gasteiger partial charge in [0.25, 0.3) is 5.91 Å². The molecule has 0 aliphatic carbocycles. The fraction of sp³-hybridized carbons (Fsp3) is 0.344.